The molecule has 8 nitrogen and oxygen atoms in total. The summed E-state index contributed by atoms with van der Waals surface area (Å²) in [4.78, 5) is 13.2. The van der Waals surface area contributed by atoms with E-state index in [-0.39, 0.29) is 5.75 Å². The summed E-state index contributed by atoms with van der Waals surface area (Å²) >= 11 is 0. The van der Waals surface area contributed by atoms with Gasteiger partial charge in [-0.05, 0) is 49.8 Å². The molecule has 0 amide bonds. The van der Waals surface area contributed by atoms with E-state index in [1.807, 2.05) is 6.07 Å². The first-order valence-electron chi connectivity index (χ1n) is 10.7. The molecule has 0 bridgehead atoms. The summed E-state index contributed by atoms with van der Waals surface area (Å²) in [5.41, 5.74) is 1.21. The maximum atomic E-state index is 12.3. The van der Waals surface area contributed by atoms with E-state index in [1.54, 1.807) is 18.5 Å². The molecule has 2 aromatic heterocycles. The SMILES string of the molecule is FC(F)(F)Oc1ccc(-c2cc(CNCCCN3CCN(c4ncccn4)CC3)on2)cc1. The van der Waals surface area contributed by atoms with Crippen LogP contribution in [-0.4, -0.2) is 65.7 Å². The molecule has 11 heteroatoms. The molecule has 3 heterocycles. The molecule has 0 spiro atoms. The van der Waals surface area contributed by atoms with Gasteiger partial charge in [0, 0.05) is 50.2 Å². The van der Waals surface area contributed by atoms with Crippen LogP contribution in [-0.2, 0) is 6.54 Å². The topological polar surface area (TPSA) is 79.5 Å². The molecule has 1 N–H and O–H groups in total. The molecule has 1 saturated heterocycles. The summed E-state index contributed by atoms with van der Waals surface area (Å²) in [7, 11) is 0. The highest BCUT2D eigenvalue weighted by molar-refractivity contribution is 5.59. The van der Waals surface area contributed by atoms with E-state index >= 15 is 0 Å². The van der Waals surface area contributed by atoms with Gasteiger partial charge in [0.1, 0.15) is 11.4 Å². The molecule has 33 heavy (non-hydrogen) atoms. The fraction of sp³-hybridized carbons (Fsp3) is 0.409. The number of ether oxygens (including phenoxy) is 1. The van der Waals surface area contributed by atoms with Crippen LogP contribution in [0.1, 0.15) is 12.2 Å². The van der Waals surface area contributed by atoms with Crippen LogP contribution in [0.5, 0.6) is 5.75 Å². The Morgan fingerprint density at radius 2 is 1.76 bits per heavy atom. The minimum Gasteiger partial charge on any atom is -0.406 e. The molecule has 0 unspecified atom stereocenters. The summed E-state index contributed by atoms with van der Waals surface area (Å²) in [6.45, 7) is 6.17. The number of anilines is 1. The van der Waals surface area contributed by atoms with Gasteiger partial charge in [-0.2, -0.15) is 0 Å². The van der Waals surface area contributed by atoms with Gasteiger partial charge >= 0.3 is 6.36 Å². The van der Waals surface area contributed by atoms with Gasteiger partial charge in [0.25, 0.3) is 0 Å². The number of rotatable bonds is 9. The van der Waals surface area contributed by atoms with Gasteiger partial charge in [-0.3, -0.25) is 4.90 Å². The zero-order valence-corrected chi connectivity index (χ0v) is 18.0. The van der Waals surface area contributed by atoms with Crippen molar-refractivity contribution >= 4 is 5.95 Å². The molecular formula is C22H25F3N6O2. The maximum Gasteiger partial charge on any atom is 0.573 e. The highest BCUT2D eigenvalue weighted by Gasteiger charge is 2.31. The van der Waals surface area contributed by atoms with Crippen molar-refractivity contribution in [1.29, 1.82) is 0 Å². The third kappa shape index (κ3) is 6.90. The summed E-state index contributed by atoms with van der Waals surface area (Å²) in [5.74, 6) is 1.18. The molecular weight excluding hydrogens is 437 g/mol. The molecule has 1 aromatic carbocycles. The third-order valence-corrected chi connectivity index (χ3v) is 5.28. The predicted octanol–water partition coefficient (Wildman–Crippen LogP) is 3.33. The molecule has 3 aromatic rings. The van der Waals surface area contributed by atoms with Crippen molar-refractivity contribution in [3.8, 4) is 17.0 Å². The lowest BCUT2D eigenvalue weighted by Gasteiger charge is -2.34. The Morgan fingerprint density at radius 3 is 2.45 bits per heavy atom. The van der Waals surface area contributed by atoms with Crippen LogP contribution in [0.2, 0.25) is 0 Å². The second-order valence-electron chi connectivity index (χ2n) is 7.66. The van der Waals surface area contributed by atoms with E-state index in [1.165, 1.54) is 24.3 Å². The van der Waals surface area contributed by atoms with Gasteiger partial charge in [0.15, 0.2) is 5.76 Å². The Morgan fingerprint density at radius 1 is 1.03 bits per heavy atom. The second-order valence-corrected chi connectivity index (χ2v) is 7.66. The van der Waals surface area contributed by atoms with Crippen molar-refractivity contribution < 1.29 is 22.4 Å². The lowest BCUT2D eigenvalue weighted by atomic mass is 10.1. The number of alkyl halides is 3. The number of hydrogen-bond acceptors (Lipinski definition) is 8. The molecule has 176 valence electrons. The molecule has 1 aliphatic heterocycles. The molecule has 4 rings (SSSR count). The van der Waals surface area contributed by atoms with Gasteiger partial charge in [0.05, 0.1) is 6.54 Å². The van der Waals surface area contributed by atoms with Gasteiger partial charge in [-0.15, -0.1) is 13.2 Å². The predicted molar refractivity (Wildman–Crippen MR) is 116 cm³/mol. The van der Waals surface area contributed by atoms with Crippen LogP contribution in [0.3, 0.4) is 0 Å². The van der Waals surface area contributed by atoms with E-state index in [0.717, 1.165) is 51.6 Å². The monoisotopic (exact) mass is 462 g/mol. The van der Waals surface area contributed by atoms with Crippen LogP contribution in [0.25, 0.3) is 11.3 Å². The first-order chi connectivity index (χ1) is 16.0. The Bertz CT molecular complexity index is 989. The minimum absolute atomic E-state index is 0.272. The summed E-state index contributed by atoms with van der Waals surface area (Å²) in [6.07, 6.45) is -0.175. The van der Waals surface area contributed by atoms with E-state index in [9.17, 15) is 13.2 Å². The number of halogens is 3. The number of benzene rings is 1. The van der Waals surface area contributed by atoms with Crippen molar-refractivity contribution in [3.63, 3.8) is 0 Å². The van der Waals surface area contributed by atoms with Gasteiger partial charge < -0.3 is 19.5 Å². The van der Waals surface area contributed by atoms with E-state index in [0.29, 0.717) is 23.6 Å². The van der Waals surface area contributed by atoms with Crippen molar-refractivity contribution in [2.75, 3.05) is 44.2 Å². The third-order valence-electron chi connectivity index (χ3n) is 5.28. The fourth-order valence-electron chi connectivity index (χ4n) is 3.62. The molecule has 1 aliphatic rings. The molecule has 1 fully saturated rings. The summed E-state index contributed by atoms with van der Waals surface area (Å²) in [5, 5.41) is 7.33. The Labute approximate surface area is 189 Å². The smallest absolute Gasteiger partial charge is 0.406 e. The van der Waals surface area contributed by atoms with Gasteiger partial charge in [0.2, 0.25) is 5.95 Å². The van der Waals surface area contributed by atoms with E-state index < -0.39 is 6.36 Å². The first kappa shape index (κ1) is 23.0. The van der Waals surface area contributed by atoms with Crippen LogP contribution >= 0.6 is 0 Å². The van der Waals surface area contributed by atoms with E-state index in [4.69, 9.17) is 4.52 Å². The maximum absolute atomic E-state index is 12.3. The molecule has 0 radical (unpaired) electrons. The number of nitrogens with one attached hydrogen (secondary N) is 1. The molecule has 0 atom stereocenters. The highest BCUT2D eigenvalue weighted by atomic mass is 19.4. The molecule has 0 aliphatic carbocycles. The van der Waals surface area contributed by atoms with Crippen LogP contribution < -0.4 is 15.0 Å². The van der Waals surface area contributed by atoms with Crippen molar-refractivity contribution in [2.24, 2.45) is 0 Å². The number of hydrogen-bond donors (Lipinski definition) is 1. The number of piperazine rings is 1. The fourth-order valence-corrected chi connectivity index (χ4v) is 3.62. The zero-order valence-electron chi connectivity index (χ0n) is 18.0. The van der Waals surface area contributed by atoms with E-state index in [2.05, 4.69) is 35.0 Å². The molecule has 0 saturated carbocycles. The number of aromatic nitrogens is 3. The van der Waals surface area contributed by atoms with Crippen LogP contribution in [0.15, 0.2) is 53.3 Å². The average molecular weight is 462 g/mol. The Hall–Kier alpha value is -3.18. The Kier molecular flexibility index (Phi) is 7.40. The van der Waals surface area contributed by atoms with Crippen molar-refractivity contribution in [2.45, 2.75) is 19.3 Å². The van der Waals surface area contributed by atoms with Crippen LogP contribution in [0.4, 0.5) is 19.1 Å². The lowest BCUT2D eigenvalue weighted by molar-refractivity contribution is -0.274. The standard InChI is InChI=1S/C22H25F3N6O2/c23-22(24,25)32-18-5-3-17(4-6-18)20-15-19(33-29-20)16-26-7-2-10-30-11-13-31(14-12-30)21-27-8-1-9-28-21/h1,3-6,8-9,15,26H,2,7,10-14,16H2. The quantitative estimate of drug-likeness (QED) is 0.485. The average Bonchev–Trinajstić information content (AvgIpc) is 3.28. The largest absolute Gasteiger partial charge is 0.573 e. The first-order valence-corrected chi connectivity index (χ1v) is 10.7. The normalized spacial score (nSPS) is 15.1. The van der Waals surface area contributed by atoms with Crippen molar-refractivity contribution in [1.82, 2.24) is 25.3 Å². The minimum atomic E-state index is -4.71. The summed E-state index contributed by atoms with van der Waals surface area (Å²) in [6, 6.07) is 9.13. The van der Waals surface area contributed by atoms with Gasteiger partial charge in [-0.25, -0.2) is 9.97 Å². The second kappa shape index (κ2) is 10.6. The zero-order chi connectivity index (χ0) is 23.1. The Balaban J connectivity index is 1.14. The number of nitrogens with zero attached hydrogens (tertiary/aromatic N) is 5. The highest BCUT2D eigenvalue weighted by Crippen LogP contribution is 2.26. The van der Waals surface area contributed by atoms with Crippen molar-refractivity contribution in [3.05, 3.63) is 54.6 Å². The summed E-state index contributed by atoms with van der Waals surface area (Å²) < 4.78 is 46.0. The lowest BCUT2D eigenvalue weighted by Crippen LogP contribution is -2.47. The van der Waals surface area contributed by atoms with Gasteiger partial charge in [-0.1, -0.05) is 5.16 Å². The van der Waals surface area contributed by atoms with Crippen LogP contribution in [0, 0.1) is 0 Å².